The first-order chi connectivity index (χ1) is 12.6. The van der Waals surface area contributed by atoms with E-state index < -0.39 is 0 Å². The zero-order valence-corrected chi connectivity index (χ0v) is 15.6. The molecule has 0 atom stereocenters. The molecular weight excluding hydrogens is 326 g/mol. The van der Waals surface area contributed by atoms with Gasteiger partial charge in [-0.05, 0) is 39.3 Å². The third-order valence-corrected chi connectivity index (χ3v) is 4.48. The van der Waals surface area contributed by atoms with E-state index >= 15 is 0 Å². The van der Waals surface area contributed by atoms with Crippen molar-refractivity contribution in [3.8, 4) is 0 Å². The fourth-order valence-corrected chi connectivity index (χ4v) is 3.06. The molecule has 2 aromatic heterocycles. The summed E-state index contributed by atoms with van der Waals surface area (Å²) in [5.74, 6) is -0.104. The van der Waals surface area contributed by atoms with Crippen molar-refractivity contribution in [2.24, 2.45) is 0 Å². The number of carbonyl (C=O) groups excluding carboxylic acids is 1. The highest BCUT2D eigenvalue weighted by Crippen LogP contribution is 2.13. The average molecular weight is 351 g/mol. The van der Waals surface area contributed by atoms with Crippen molar-refractivity contribution >= 4 is 17.2 Å². The van der Waals surface area contributed by atoms with Crippen LogP contribution in [0.5, 0.6) is 0 Å². The van der Waals surface area contributed by atoms with Crippen LogP contribution in [0.4, 0.5) is 5.69 Å². The monoisotopic (exact) mass is 351 g/mol. The number of anilines is 1. The predicted molar refractivity (Wildman–Crippen MR) is 104 cm³/mol. The van der Waals surface area contributed by atoms with Crippen LogP contribution >= 0.6 is 0 Å². The molecule has 0 aliphatic rings. The smallest absolute Gasteiger partial charge is 0.254 e. The lowest BCUT2D eigenvalue weighted by Crippen LogP contribution is -2.30. The fourth-order valence-electron chi connectivity index (χ4n) is 3.06. The first kappa shape index (κ1) is 17.9. The first-order valence-electron chi connectivity index (χ1n) is 9.00. The number of hydrogen-bond acceptors (Lipinski definition) is 4. The van der Waals surface area contributed by atoms with Gasteiger partial charge in [0.2, 0.25) is 0 Å². The van der Waals surface area contributed by atoms with Crippen molar-refractivity contribution in [2.75, 3.05) is 24.5 Å². The van der Waals surface area contributed by atoms with Gasteiger partial charge in [-0.3, -0.25) is 4.79 Å². The van der Waals surface area contributed by atoms with Crippen molar-refractivity contribution in [3.63, 3.8) is 0 Å². The molecule has 0 bridgehead atoms. The highest BCUT2D eigenvalue weighted by Gasteiger charge is 2.13. The summed E-state index contributed by atoms with van der Waals surface area (Å²) in [4.78, 5) is 19.1. The van der Waals surface area contributed by atoms with Gasteiger partial charge >= 0.3 is 0 Å². The highest BCUT2D eigenvalue weighted by atomic mass is 16.1. The normalized spacial score (nSPS) is 10.9. The van der Waals surface area contributed by atoms with E-state index in [0.29, 0.717) is 12.1 Å². The van der Waals surface area contributed by atoms with E-state index in [9.17, 15) is 4.79 Å². The number of fused-ring (bicyclic) bond motifs is 1. The van der Waals surface area contributed by atoms with E-state index in [4.69, 9.17) is 0 Å². The SMILES string of the molecule is CCN(CCCNC(=O)c1cnc2cc(C)nn2c1C)c1ccccc1. The topological polar surface area (TPSA) is 62.5 Å². The van der Waals surface area contributed by atoms with Gasteiger partial charge in [0, 0.05) is 37.6 Å². The molecule has 0 saturated carbocycles. The molecule has 0 unspecified atom stereocenters. The van der Waals surface area contributed by atoms with E-state index in [1.165, 1.54) is 5.69 Å². The molecule has 3 rings (SSSR count). The molecule has 26 heavy (non-hydrogen) atoms. The van der Waals surface area contributed by atoms with E-state index in [-0.39, 0.29) is 5.91 Å². The predicted octanol–water partition coefficient (Wildman–Crippen LogP) is 2.99. The van der Waals surface area contributed by atoms with Crippen LogP contribution in [-0.2, 0) is 0 Å². The van der Waals surface area contributed by atoms with Crippen LogP contribution in [0.2, 0.25) is 0 Å². The maximum atomic E-state index is 12.5. The van der Waals surface area contributed by atoms with E-state index in [1.54, 1.807) is 10.7 Å². The number of rotatable bonds is 7. The summed E-state index contributed by atoms with van der Waals surface area (Å²) < 4.78 is 1.72. The maximum Gasteiger partial charge on any atom is 0.254 e. The Morgan fingerprint density at radius 1 is 1.23 bits per heavy atom. The van der Waals surface area contributed by atoms with Gasteiger partial charge in [0.05, 0.1) is 17.0 Å². The largest absolute Gasteiger partial charge is 0.372 e. The first-order valence-corrected chi connectivity index (χ1v) is 9.00. The molecule has 0 spiro atoms. The number of aryl methyl sites for hydroxylation is 2. The zero-order valence-electron chi connectivity index (χ0n) is 15.6. The van der Waals surface area contributed by atoms with Crippen molar-refractivity contribution in [1.29, 1.82) is 0 Å². The second kappa shape index (κ2) is 7.99. The minimum atomic E-state index is -0.104. The molecule has 3 aromatic rings. The minimum Gasteiger partial charge on any atom is -0.372 e. The Morgan fingerprint density at radius 2 is 2.00 bits per heavy atom. The van der Waals surface area contributed by atoms with Crippen molar-refractivity contribution in [1.82, 2.24) is 19.9 Å². The molecule has 6 nitrogen and oxygen atoms in total. The number of nitrogens with one attached hydrogen (secondary N) is 1. The molecule has 0 aliphatic carbocycles. The summed E-state index contributed by atoms with van der Waals surface area (Å²) in [6.45, 7) is 8.41. The summed E-state index contributed by atoms with van der Waals surface area (Å²) in [6.07, 6.45) is 2.51. The Labute approximate surface area is 153 Å². The molecule has 1 amide bonds. The summed E-state index contributed by atoms with van der Waals surface area (Å²) >= 11 is 0. The molecule has 0 fully saturated rings. The Hall–Kier alpha value is -2.89. The van der Waals surface area contributed by atoms with Gasteiger partial charge < -0.3 is 10.2 Å². The lowest BCUT2D eigenvalue weighted by atomic mass is 10.2. The van der Waals surface area contributed by atoms with Gasteiger partial charge in [0.15, 0.2) is 5.65 Å². The molecule has 136 valence electrons. The van der Waals surface area contributed by atoms with E-state index in [0.717, 1.165) is 36.5 Å². The minimum absolute atomic E-state index is 0.104. The highest BCUT2D eigenvalue weighted by molar-refractivity contribution is 5.95. The van der Waals surface area contributed by atoms with Crippen LogP contribution < -0.4 is 10.2 Å². The van der Waals surface area contributed by atoms with Gasteiger partial charge in [-0.2, -0.15) is 5.10 Å². The van der Waals surface area contributed by atoms with Crippen LogP contribution in [0.3, 0.4) is 0 Å². The second-order valence-corrected chi connectivity index (χ2v) is 6.34. The van der Waals surface area contributed by atoms with E-state index in [1.807, 2.05) is 38.1 Å². The maximum absolute atomic E-state index is 12.5. The van der Waals surface area contributed by atoms with Gasteiger partial charge in [0.1, 0.15) is 0 Å². The van der Waals surface area contributed by atoms with Crippen LogP contribution in [0.15, 0.2) is 42.6 Å². The molecule has 1 N–H and O–H groups in total. The number of amides is 1. The van der Waals surface area contributed by atoms with Crippen molar-refractivity contribution in [3.05, 3.63) is 59.5 Å². The molecular formula is C20H25N5O. The lowest BCUT2D eigenvalue weighted by Gasteiger charge is -2.23. The summed E-state index contributed by atoms with van der Waals surface area (Å²) in [6, 6.07) is 12.2. The Bertz CT molecular complexity index is 888. The number of nitrogens with zero attached hydrogens (tertiary/aromatic N) is 4. The molecule has 0 aliphatic heterocycles. The number of hydrogen-bond donors (Lipinski definition) is 1. The Balaban J connectivity index is 1.57. The molecule has 0 saturated heterocycles. The number of para-hydroxylation sites is 1. The van der Waals surface area contributed by atoms with Crippen LogP contribution in [0, 0.1) is 13.8 Å². The number of benzene rings is 1. The molecule has 1 aromatic carbocycles. The summed E-state index contributed by atoms with van der Waals surface area (Å²) in [7, 11) is 0. The third-order valence-electron chi connectivity index (χ3n) is 4.48. The third kappa shape index (κ3) is 3.85. The fraction of sp³-hybridized carbons (Fsp3) is 0.350. The second-order valence-electron chi connectivity index (χ2n) is 6.34. The summed E-state index contributed by atoms with van der Waals surface area (Å²) in [5.41, 5.74) is 4.23. The van der Waals surface area contributed by atoms with E-state index in [2.05, 4.69) is 39.4 Å². The van der Waals surface area contributed by atoms with Gasteiger partial charge in [-0.15, -0.1) is 0 Å². The zero-order chi connectivity index (χ0) is 18.5. The lowest BCUT2D eigenvalue weighted by molar-refractivity contribution is 0.0951. The van der Waals surface area contributed by atoms with Gasteiger partial charge in [-0.25, -0.2) is 9.50 Å². The van der Waals surface area contributed by atoms with Crippen molar-refractivity contribution < 1.29 is 4.79 Å². The molecule has 2 heterocycles. The Morgan fingerprint density at radius 3 is 2.73 bits per heavy atom. The molecule has 6 heteroatoms. The quantitative estimate of drug-likeness (QED) is 0.665. The van der Waals surface area contributed by atoms with Gasteiger partial charge in [-0.1, -0.05) is 18.2 Å². The number of carbonyl (C=O) groups is 1. The standard InChI is InChI=1S/C20H25N5O/c1-4-24(17-9-6-5-7-10-17)12-8-11-21-20(26)18-14-22-19-13-15(2)23-25(19)16(18)3/h5-7,9-10,13-14H,4,8,11-12H2,1-3H3,(H,21,26). The number of aromatic nitrogens is 3. The average Bonchev–Trinajstić information content (AvgIpc) is 3.04. The Kier molecular flexibility index (Phi) is 5.51. The summed E-state index contributed by atoms with van der Waals surface area (Å²) in [5, 5.41) is 7.38. The van der Waals surface area contributed by atoms with Crippen LogP contribution in [0.25, 0.3) is 5.65 Å². The van der Waals surface area contributed by atoms with Crippen LogP contribution in [0.1, 0.15) is 35.1 Å². The van der Waals surface area contributed by atoms with Crippen molar-refractivity contribution in [2.45, 2.75) is 27.2 Å². The van der Waals surface area contributed by atoms with Crippen LogP contribution in [-0.4, -0.2) is 40.1 Å². The van der Waals surface area contributed by atoms with Gasteiger partial charge in [0.25, 0.3) is 5.91 Å². The molecule has 0 radical (unpaired) electrons.